The normalized spacial score (nSPS) is 20.2. The van der Waals surface area contributed by atoms with Gasteiger partial charge in [0, 0.05) is 42.8 Å². The molecule has 0 spiro atoms. The zero-order chi connectivity index (χ0) is 25.2. The van der Waals surface area contributed by atoms with Crippen molar-refractivity contribution < 1.29 is 9.59 Å². The van der Waals surface area contributed by atoms with Crippen molar-refractivity contribution in [2.75, 3.05) is 38.0 Å². The molecule has 1 saturated heterocycles. The summed E-state index contributed by atoms with van der Waals surface area (Å²) in [5.74, 6) is 0.135. The van der Waals surface area contributed by atoms with Gasteiger partial charge in [-0.3, -0.25) is 9.69 Å². The van der Waals surface area contributed by atoms with Crippen molar-refractivity contribution in [3.63, 3.8) is 0 Å². The molecule has 1 aromatic heterocycles. The van der Waals surface area contributed by atoms with Gasteiger partial charge in [-0.2, -0.15) is 0 Å². The summed E-state index contributed by atoms with van der Waals surface area (Å²) in [5, 5.41) is 5.16. The zero-order valence-electron chi connectivity index (χ0n) is 21.2. The number of hydrogen-bond donors (Lipinski definition) is 1. The van der Waals surface area contributed by atoms with Gasteiger partial charge in [0.2, 0.25) is 5.91 Å². The van der Waals surface area contributed by atoms with Gasteiger partial charge in [-0.1, -0.05) is 47.5 Å². The summed E-state index contributed by atoms with van der Waals surface area (Å²) in [6.07, 6.45) is 0.978. The number of carbonyl (C=O) groups excluding carboxylic acids is 2. The Morgan fingerprint density at radius 2 is 1.64 bits per heavy atom. The lowest BCUT2D eigenvalue weighted by molar-refractivity contribution is -0.135. The molecule has 1 fully saturated rings. The fraction of sp³-hybridized carbons (Fsp3) is 0.379. The van der Waals surface area contributed by atoms with E-state index in [4.69, 9.17) is 0 Å². The molecular weight excluding hydrogens is 468 g/mol. The van der Waals surface area contributed by atoms with Gasteiger partial charge < -0.3 is 15.1 Å². The number of thiophene rings is 1. The molecule has 0 unspecified atom stereocenters. The van der Waals surface area contributed by atoms with Crippen molar-refractivity contribution in [3.8, 4) is 0 Å². The van der Waals surface area contributed by atoms with Gasteiger partial charge in [-0.05, 0) is 61.9 Å². The second-order valence-electron chi connectivity index (χ2n) is 10.0. The first kappa shape index (κ1) is 24.5. The largest absolute Gasteiger partial charge is 0.338 e. The lowest BCUT2D eigenvalue weighted by Gasteiger charge is -2.41. The quantitative estimate of drug-likeness (QED) is 0.542. The molecule has 0 aliphatic carbocycles. The van der Waals surface area contributed by atoms with Crippen LogP contribution in [-0.2, 0) is 11.2 Å². The smallest absolute Gasteiger partial charge is 0.322 e. The van der Waals surface area contributed by atoms with Crippen LogP contribution in [0.3, 0.4) is 0 Å². The monoisotopic (exact) mass is 502 g/mol. The zero-order valence-corrected chi connectivity index (χ0v) is 22.1. The first-order chi connectivity index (χ1) is 17.4. The van der Waals surface area contributed by atoms with Crippen LogP contribution in [0.2, 0.25) is 0 Å². The Labute approximate surface area is 217 Å². The highest BCUT2D eigenvalue weighted by Gasteiger charge is 2.34. The number of benzene rings is 2. The molecule has 0 saturated carbocycles. The van der Waals surface area contributed by atoms with E-state index < -0.39 is 0 Å². The topological polar surface area (TPSA) is 55.9 Å². The summed E-state index contributed by atoms with van der Waals surface area (Å²) >= 11 is 1.81. The lowest BCUT2D eigenvalue weighted by atomic mass is 9.92. The number of aryl methyl sites for hydroxylation is 2. The maximum atomic E-state index is 13.5. The molecule has 6 nitrogen and oxygen atoms in total. The summed E-state index contributed by atoms with van der Waals surface area (Å²) in [7, 11) is 0. The summed E-state index contributed by atoms with van der Waals surface area (Å²) in [6.45, 7) is 9.02. The Kier molecular flexibility index (Phi) is 7.12. The van der Waals surface area contributed by atoms with Gasteiger partial charge in [-0.25, -0.2) is 4.79 Å². The van der Waals surface area contributed by atoms with E-state index in [9.17, 15) is 9.59 Å². The van der Waals surface area contributed by atoms with Crippen LogP contribution in [0.4, 0.5) is 10.5 Å². The van der Waals surface area contributed by atoms with Crippen molar-refractivity contribution >= 4 is 29.0 Å². The molecule has 0 bridgehead atoms. The first-order valence-electron chi connectivity index (χ1n) is 12.7. The van der Waals surface area contributed by atoms with Gasteiger partial charge >= 0.3 is 6.03 Å². The fourth-order valence-corrected chi connectivity index (χ4v) is 6.17. The Morgan fingerprint density at radius 3 is 2.33 bits per heavy atom. The maximum Gasteiger partial charge on any atom is 0.322 e. The van der Waals surface area contributed by atoms with E-state index in [1.165, 1.54) is 21.6 Å². The van der Waals surface area contributed by atoms with E-state index >= 15 is 0 Å². The molecular formula is C29H34N4O2S. The third kappa shape index (κ3) is 5.18. The van der Waals surface area contributed by atoms with Crippen LogP contribution in [0, 0.1) is 13.8 Å². The van der Waals surface area contributed by atoms with Crippen LogP contribution in [-0.4, -0.2) is 65.4 Å². The highest BCUT2D eigenvalue weighted by Crippen LogP contribution is 2.37. The van der Waals surface area contributed by atoms with Crippen LogP contribution in [0.1, 0.15) is 40.1 Å². The van der Waals surface area contributed by atoms with Crippen LogP contribution in [0.15, 0.2) is 60.0 Å². The van der Waals surface area contributed by atoms with Crippen LogP contribution >= 0.6 is 11.3 Å². The van der Waals surface area contributed by atoms with Gasteiger partial charge in [0.15, 0.2) is 0 Å². The number of nitrogens with zero attached hydrogens (tertiary/aromatic N) is 3. The van der Waals surface area contributed by atoms with Crippen LogP contribution in [0.25, 0.3) is 0 Å². The summed E-state index contributed by atoms with van der Waals surface area (Å²) in [5.41, 5.74) is 5.74. The Hall–Kier alpha value is -3.16. The molecule has 2 aliphatic rings. The van der Waals surface area contributed by atoms with Crippen molar-refractivity contribution in [2.45, 2.75) is 39.3 Å². The number of anilines is 1. The highest BCUT2D eigenvalue weighted by molar-refractivity contribution is 7.10. The average Bonchev–Trinajstić information content (AvgIpc) is 3.35. The minimum atomic E-state index is -0.112. The average molecular weight is 503 g/mol. The second-order valence-corrected chi connectivity index (χ2v) is 11.0. The molecule has 1 N–H and O–H groups in total. The fourth-order valence-electron chi connectivity index (χ4n) is 5.27. The Morgan fingerprint density at radius 1 is 0.944 bits per heavy atom. The highest BCUT2D eigenvalue weighted by atomic mass is 32.1. The summed E-state index contributed by atoms with van der Waals surface area (Å²) in [4.78, 5) is 33.8. The second kappa shape index (κ2) is 10.4. The molecule has 7 heteroatoms. The van der Waals surface area contributed by atoms with Crippen molar-refractivity contribution in [1.82, 2.24) is 14.7 Å². The molecule has 3 aromatic rings. The number of amides is 3. The SMILES string of the molecule is Cc1ccc(NC(=O)N2CCN(C(=O)CN3CCc4sccc4[C@H]3c3ccc(C)cc3)C[C@@H]2C)cc1. The number of urea groups is 1. The van der Waals surface area contributed by atoms with E-state index in [0.717, 1.165) is 24.2 Å². The predicted octanol–water partition coefficient (Wildman–Crippen LogP) is 5.08. The first-order valence-corrected chi connectivity index (χ1v) is 13.6. The van der Waals surface area contributed by atoms with Crippen molar-refractivity contribution in [1.29, 1.82) is 0 Å². The number of rotatable bonds is 4. The lowest BCUT2D eigenvalue weighted by Crippen LogP contribution is -2.58. The number of nitrogens with one attached hydrogen (secondary N) is 1. The standard InChI is InChI=1S/C29H34N4O2S/c1-20-4-8-23(9-5-20)28-25-13-17-36-26(25)12-14-32(28)19-27(34)31-15-16-33(22(3)18-31)29(35)30-24-10-6-21(2)7-11-24/h4-11,13,17,22,28H,12,14-16,18-19H2,1-3H3,(H,30,35)/t22-,28+/m0/s1. The summed E-state index contributed by atoms with van der Waals surface area (Å²) in [6, 6.07) is 18.6. The molecule has 2 aliphatic heterocycles. The van der Waals surface area contributed by atoms with Gasteiger partial charge in [-0.15, -0.1) is 11.3 Å². The number of carbonyl (C=O) groups is 2. The third-order valence-corrected chi connectivity index (χ3v) is 8.34. The molecule has 3 amide bonds. The number of piperazine rings is 1. The molecule has 36 heavy (non-hydrogen) atoms. The van der Waals surface area contributed by atoms with Gasteiger partial charge in [0.25, 0.3) is 0 Å². The van der Waals surface area contributed by atoms with Gasteiger partial charge in [0.1, 0.15) is 0 Å². The van der Waals surface area contributed by atoms with E-state index in [-0.39, 0.29) is 24.0 Å². The molecule has 2 aromatic carbocycles. The van der Waals surface area contributed by atoms with Crippen molar-refractivity contribution in [2.24, 2.45) is 0 Å². The molecule has 5 rings (SSSR count). The van der Waals surface area contributed by atoms with E-state index in [0.29, 0.717) is 26.2 Å². The summed E-state index contributed by atoms with van der Waals surface area (Å²) < 4.78 is 0. The Balaban J connectivity index is 1.23. The minimum absolute atomic E-state index is 0.0501. The van der Waals surface area contributed by atoms with E-state index in [2.05, 4.69) is 52.9 Å². The Bertz CT molecular complexity index is 1220. The molecule has 0 radical (unpaired) electrons. The van der Waals surface area contributed by atoms with E-state index in [1.54, 1.807) is 0 Å². The predicted molar refractivity (Wildman–Crippen MR) is 146 cm³/mol. The van der Waals surface area contributed by atoms with Crippen molar-refractivity contribution in [3.05, 3.63) is 87.1 Å². The maximum absolute atomic E-state index is 13.5. The van der Waals surface area contributed by atoms with E-state index in [1.807, 2.05) is 59.2 Å². The van der Waals surface area contributed by atoms with Gasteiger partial charge in [0.05, 0.1) is 12.6 Å². The number of fused-ring (bicyclic) bond motifs is 1. The molecule has 2 atom stereocenters. The number of hydrogen-bond acceptors (Lipinski definition) is 4. The molecule has 188 valence electrons. The van der Waals surface area contributed by atoms with Crippen LogP contribution in [0.5, 0.6) is 0 Å². The third-order valence-electron chi connectivity index (χ3n) is 7.34. The van der Waals surface area contributed by atoms with Crippen LogP contribution < -0.4 is 5.32 Å². The minimum Gasteiger partial charge on any atom is -0.338 e. The molecule has 3 heterocycles.